The maximum Gasteiger partial charge on any atom is 0.148 e. The summed E-state index contributed by atoms with van der Waals surface area (Å²) in [6.45, 7) is 1.55. The van der Waals surface area contributed by atoms with Gasteiger partial charge in [0.05, 0.1) is 34.0 Å². The van der Waals surface area contributed by atoms with Crippen molar-refractivity contribution in [3.63, 3.8) is 0 Å². The van der Waals surface area contributed by atoms with Crippen LogP contribution in [0.3, 0.4) is 0 Å². The lowest BCUT2D eigenvalue weighted by Gasteiger charge is -2.32. The fourth-order valence-corrected chi connectivity index (χ4v) is 3.71. The van der Waals surface area contributed by atoms with Gasteiger partial charge in [-0.05, 0) is 43.2 Å². The third-order valence-corrected chi connectivity index (χ3v) is 5.30. The van der Waals surface area contributed by atoms with Crippen LogP contribution in [0.25, 0.3) is 11.3 Å². The van der Waals surface area contributed by atoms with E-state index in [0.29, 0.717) is 40.0 Å². The molecule has 8 heteroatoms. The number of pyridine rings is 3. The summed E-state index contributed by atoms with van der Waals surface area (Å²) in [4.78, 5) is 15.3. The standard InChI is InChI=1S/C21H22ClN7/c22-16-5-6-18(28-21(16)29-8-2-4-14(23)12-29)20(25)15-9-19(27-11-17(15)24)13-3-1-7-26-10-13/h1,3,5-7,9-11,14,25H,2,4,8,12,23-24H2. The van der Waals surface area contributed by atoms with E-state index < -0.39 is 0 Å². The number of nitrogens with two attached hydrogens (primary N) is 2. The van der Waals surface area contributed by atoms with Crippen LogP contribution in [0.5, 0.6) is 0 Å². The first-order valence-corrected chi connectivity index (χ1v) is 9.83. The first-order valence-electron chi connectivity index (χ1n) is 9.45. The average molecular weight is 408 g/mol. The number of nitrogen functional groups attached to an aromatic ring is 1. The summed E-state index contributed by atoms with van der Waals surface area (Å²) in [5, 5.41) is 9.27. The minimum Gasteiger partial charge on any atom is -0.397 e. The normalized spacial score (nSPS) is 16.6. The monoisotopic (exact) mass is 407 g/mol. The quantitative estimate of drug-likeness (QED) is 0.572. The summed E-state index contributed by atoms with van der Waals surface area (Å²) in [5.41, 5.74) is 15.5. The van der Waals surface area contributed by atoms with Gasteiger partial charge in [-0.15, -0.1) is 0 Å². The Kier molecular flexibility index (Phi) is 5.42. The molecule has 1 unspecified atom stereocenters. The highest BCUT2D eigenvalue weighted by Gasteiger charge is 2.21. The van der Waals surface area contributed by atoms with E-state index in [2.05, 4.69) is 19.9 Å². The molecule has 1 aliphatic rings. The Balaban J connectivity index is 1.69. The van der Waals surface area contributed by atoms with Gasteiger partial charge in [0.2, 0.25) is 0 Å². The molecule has 1 atom stereocenters. The number of halogens is 1. The molecule has 3 aromatic heterocycles. The van der Waals surface area contributed by atoms with Crippen molar-refractivity contribution in [2.24, 2.45) is 5.73 Å². The zero-order valence-corrected chi connectivity index (χ0v) is 16.6. The first kappa shape index (κ1) is 19.3. The van der Waals surface area contributed by atoms with E-state index >= 15 is 0 Å². The van der Waals surface area contributed by atoms with E-state index in [4.69, 9.17) is 28.5 Å². The van der Waals surface area contributed by atoms with Gasteiger partial charge in [-0.2, -0.15) is 0 Å². The zero-order valence-electron chi connectivity index (χ0n) is 15.8. The van der Waals surface area contributed by atoms with Crippen molar-refractivity contribution in [1.82, 2.24) is 15.0 Å². The average Bonchev–Trinajstić information content (AvgIpc) is 2.74. The van der Waals surface area contributed by atoms with E-state index in [1.807, 2.05) is 12.1 Å². The van der Waals surface area contributed by atoms with Gasteiger partial charge in [-0.1, -0.05) is 11.6 Å². The predicted octanol–water partition coefficient (Wildman–Crippen LogP) is 3.12. The SMILES string of the molecule is N=C(c1ccc(Cl)c(N2CCCC(N)C2)n1)c1cc(-c2cccnc2)ncc1N. The van der Waals surface area contributed by atoms with E-state index in [1.165, 1.54) is 0 Å². The van der Waals surface area contributed by atoms with Crippen molar-refractivity contribution in [3.05, 3.63) is 65.2 Å². The molecular formula is C21H22ClN7. The second-order valence-corrected chi connectivity index (χ2v) is 7.53. The predicted molar refractivity (Wildman–Crippen MR) is 116 cm³/mol. The summed E-state index contributed by atoms with van der Waals surface area (Å²) in [6.07, 6.45) is 6.98. The van der Waals surface area contributed by atoms with Crippen molar-refractivity contribution < 1.29 is 0 Å². The minimum absolute atomic E-state index is 0.0996. The van der Waals surface area contributed by atoms with Crippen LogP contribution in [-0.2, 0) is 0 Å². The molecule has 148 valence electrons. The highest BCUT2D eigenvalue weighted by Crippen LogP contribution is 2.28. The van der Waals surface area contributed by atoms with Gasteiger partial charge in [-0.3, -0.25) is 15.4 Å². The van der Waals surface area contributed by atoms with Gasteiger partial charge in [0.1, 0.15) is 5.82 Å². The zero-order chi connectivity index (χ0) is 20.4. The number of hydrogen-bond donors (Lipinski definition) is 3. The summed E-state index contributed by atoms with van der Waals surface area (Å²) < 4.78 is 0. The van der Waals surface area contributed by atoms with Crippen molar-refractivity contribution >= 4 is 28.8 Å². The van der Waals surface area contributed by atoms with Crippen molar-refractivity contribution in [2.75, 3.05) is 23.7 Å². The third-order valence-electron chi connectivity index (χ3n) is 5.00. The van der Waals surface area contributed by atoms with Crippen molar-refractivity contribution in [3.8, 4) is 11.3 Å². The van der Waals surface area contributed by atoms with Crippen molar-refractivity contribution in [2.45, 2.75) is 18.9 Å². The highest BCUT2D eigenvalue weighted by atomic mass is 35.5. The van der Waals surface area contributed by atoms with Crippen LogP contribution < -0.4 is 16.4 Å². The van der Waals surface area contributed by atoms with Crippen LogP contribution in [0.15, 0.2) is 48.9 Å². The molecule has 0 aliphatic carbocycles. The lowest BCUT2D eigenvalue weighted by Crippen LogP contribution is -2.43. The van der Waals surface area contributed by atoms with Gasteiger partial charge in [0.25, 0.3) is 0 Å². The number of aromatic nitrogens is 3. The Morgan fingerprint density at radius 2 is 2.10 bits per heavy atom. The van der Waals surface area contributed by atoms with Crippen LogP contribution in [0.4, 0.5) is 11.5 Å². The lowest BCUT2D eigenvalue weighted by atomic mass is 10.0. The first-order chi connectivity index (χ1) is 14.0. The van der Waals surface area contributed by atoms with Gasteiger partial charge < -0.3 is 16.4 Å². The van der Waals surface area contributed by atoms with E-state index in [0.717, 1.165) is 24.9 Å². The van der Waals surface area contributed by atoms with Crippen LogP contribution in [0.2, 0.25) is 5.02 Å². The molecule has 29 heavy (non-hydrogen) atoms. The maximum absolute atomic E-state index is 8.72. The number of anilines is 2. The van der Waals surface area contributed by atoms with Gasteiger partial charge in [0.15, 0.2) is 0 Å². The lowest BCUT2D eigenvalue weighted by molar-refractivity contribution is 0.503. The molecule has 0 bridgehead atoms. The summed E-state index contributed by atoms with van der Waals surface area (Å²) in [5.74, 6) is 0.657. The maximum atomic E-state index is 8.72. The molecule has 0 radical (unpaired) electrons. The Labute approximate surface area is 174 Å². The molecule has 5 N–H and O–H groups in total. The van der Waals surface area contributed by atoms with Crippen LogP contribution in [0.1, 0.15) is 24.1 Å². The Morgan fingerprint density at radius 3 is 2.86 bits per heavy atom. The van der Waals surface area contributed by atoms with E-state index in [9.17, 15) is 0 Å². The second-order valence-electron chi connectivity index (χ2n) is 7.12. The molecular weight excluding hydrogens is 386 g/mol. The number of rotatable bonds is 4. The van der Waals surface area contributed by atoms with E-state index in [-0.39, 0.29) is 11.8 Å². The summed E-state index contributed by atoms with van der Waals surface area (Å²) >= 11 is 6.41. The number of hydrogen-bond acceptors (Lipinski definition) is 7. The van der Waals surface area contributed by atoms with Gasteiger partial charge in [-0.25, -0.2) is 4.98 Å². The Bertz CT molecular complexity index is 1040. The fourth-order valence-electron chi connectivity index (χ4n) is 3.49. The molecule has 4 heterocycles. The minimum atomic E-state index is 0.0996. The third kappa shape index (κ3) is 4.06. The number of nitrogens with zero attached hydrogens (tertiary/aromatic N) is 4. The number of piperidine rings is 1. The van der Waals surface area contributed by atoms with Gasteiger partial charge in [0, 0.05) is 42.7 Å². The van der Waals surface area contributed by atoms with E-state index in [1.54, 1.807) is 36.8 Å². The van der Waals surface area contributed by atoms with Crippen LogP contribution in [-0.4, -0.2) is 39.8 Å². The molecule has 0 amide bonds. The molecule has 1 saturated heterocycles. The molecule has 1 fully saturated rings. The summed E-state index contributed by atoms with van der Waals surface area (Å²) in [6, 6.07) is 9.16. The topological polar surface area (TPSA) is 118 Å². The van der Waals surface area contributed by atoms with Crippen molar-refractivity contribution in [1.29, 1.82) is 5.41 Å². The largest absolute Gasteiger partial charge is 0.397 e. The molecule has 0 aromatic carbocycles. The molecule has 0 spiro atoms. The molecule has 0 saturated carbocycles. The Morgan fingerprint density at radius 1 is 1.24 bits per heavy atom. The van der Waals surface area contributed by atoms with Crippen LogP contribution in [0, 0.1) is 5.41 Å². The molecule has 7 nitrogen and oxygen atoms in total. The van der Waals surface area contributed by atoms with Crippen LogP contribution >= 0.6 is 11.6 Å². The Hall–Kier alpha value is -3.03. The molecule has 4 rings (SSSR count). The smallest absolute Gasteiger partial charge is 0.148 e. The fraction of sp³-hybridized carbons (Fsp3) is 0.238. The number of nitrogens with one attached hydrogen (secondary N) is 1. The second kappa shape index (κ2) is 8.14. The molecule has 3 aromatic rings. The highest BCUT2D eigenvalue weighted by molar-refractivity contribution is 6.33. The summed E-state index contributed by atoms with van der Waals surface area (Å²) in [7, 11) is 0. The molecule has 1 aliphatic heterocycles. The van der Waals surface area contributed by atoms with Gasteiger partial charge >= 0.3 is 0 Å².